The van der Waals surface area contributed by atoms with Crippen molar-refractivity contribution in [3.05, 3.63) is 35.4 Å². The maximum atomic E-state index is 13.7. The highest BCUT2D eigenvalue weighted by Crippen LogP contribution is 2.30. The maximum absolute atomic E-state index is 13.7. The van der Waals surface area contributed by atoms with Gasteiger partial charge in [0.15, 0.2) is 0 Å². The summed E-state index contributed by atoms with van der Waals surface area (Å²) in [5.41, 5.74) is 0.0404. The Labute approximate surface area is 105 Å². The molecule has 0 fully saturated rings. The molecule has 0 bridgehead atoms. The van der Waals surface area contributed by atoms with Crippen LogP contribution in [0.15, 0.2) is 18.2 Å². The highest BCUT2D eigenvalue weighted by atomic mass is 19.1. The predicted molar refractivity (Wildman–Crippen MR) is 64.1 cm³/mol. The summed E-state index contributed by atoms with van der Waals surface area (Å²) in [5, 5.41) is 12.0. The number of carboxylic acids is 1. The Kier molecular flexibility index (Phi) is 4.78. The summed E-state index contributed by atoms with van der Waals surface area (Å²) < 4.78 is 26.9. The fourth-order valence-corrected chi connectivity index (χ4v) is 2.09. The standard InChI is InChI=1S/C13H17F2NO2/c1-7(2)11(13(17)18)12(16-3)9-6-8(14)4-5-10(9)15/h4-7,11-12,16H,1-3H3,(H,17,18). The van der Waals surface area contributed by atoms with Gasteiger partial charge in [-0.15, -0.1) is 0 Å². The number of halogens is 2. The molecule has 0 saturated carbocycles. The highest BCUT2D eigenvalue weighted by molar-refractivity contribution is 5.71. The van der Waals surface area contributed by atoms with Crippen molar-refractivity contribution in [2.75, 3.05) is 7.05 Å². The van der Waals surface area contributed by atoms with Crippen LogP contribution in [0.25, 0.3) is 0 Å². The summed E-state index contributed by atoms with van der Waals surface area (Å²) in [6.45, 7) is 3.47. The van der Waals surface area contributed by atoms with Gasteiger partial charge in [-0.05, 0) is 31.2 Å². The topological polar surface area (TPSA) is 49.3 Å². The number of hydrogen-bond acceptors (Lipinski definition) is 2. The van der Waals surface area contributed by atoms with E-state index in [4.69, 9.17) is 0 Å². The van der Waals surface area contributed by atoms with Gasteiger partial charge >= 0.3 is 5.97 Å². The third-order valence-corrected chi connectivity index (χ3v) is 2.97. The Balaban J connectivity index is 3.23. The molecule has 2 N–H and O–H groups in total. The van der Waals surface area contributed by atoms with Gasteiger partial charge in [-0.1, -0.05) is 13.8 Å². The fraction of sp³-hybridized carbons (Fsp3) is 0.462. The molecule has 2 atom stereocenters. The van der Waals surface area contributed by atoms with E-state index < -0.39 is 29.6 Å². The lowest BCUT2D eigenvalue weighted by atomic mass is 9.84. The third-order valence-electron chi connectivity index (χ3n) is 2.97. The number of benzene rings is 1. The molecule has 5 heteroatoms. The molecule has 3 nitrogen and oxygen atoms in total. The van der Waals surface area contributed by atoms with E-state index in [0.29, 0.717) is 0 Å². The van der Waals surface area contributed by atoms with Crippen molar-refractivity contribution >= 4 is 5.97 Å². The first-order valence-corrected chi connectivity index (χ1v) is 5.73. The lowest BCUT2D eigenvalue weighted by Gasteiger charge is -2.27. The van der Waals surface area contributed by atoms with Crippen molar-refractivity contribution in [2.45, 2.75) is 19.9 Å². The molecule has 1 aromatic rings. The van der Waals surface area contributed by atoms with Gasteiger partial charge in [-0.2, -0.15) is 0 Å². The molecule has 0 radical (unpaired) electrons. The number of nitrogens with one attached hydrogen (secondary N) is 1. The van der Waals surface area contributed by atoms with E-state index in [-0.39, 0.29) is 11.5 Å². The molecule has 0 heterocycles. The number of carbonyl (C=O) groups is 1. The Morgan fingerprint density at radius 1 is 1.33 bits per heavy atom. The van der Waals surface area contributed by atoms with Gasteiger partial charge in [-0.3, -0.25) is 4.79 Å². The first kappa shape index (κ1) is 14.6. The minimum atomic E-state index is -1.03. The molecule has 2 unspecified atom stereocenters. The van der Waals surface area contributed by atoms with Crippen LogP contribution in [0.2, 0.25) is 0 Å². The Bertz CT molecular complexity index is 435. The minimum absolute atomic E-state index is 0.0404. The predicted octanol–water partition coefficient (Wildman–Crippen LogP) is 2.58. The molecular weight excluding hydrogens is 240 g/mol. The van der Waals surface area contributed by atoms with E-state index in [0.717, 1.165) is 18.2 Å². The summed E-state index contributed by atoms with van der Waals surface area (Å²) in [4.78, 5) is 11.3. The van der Waals surface area contributed by atoms with E-state index in [1.807, 2.05) is 0 Å². The zero-order valence-corrected chi connectivity index (χ0v) is 10.6. The second kappa shape index (κ2) is 5.91. The number of rotatable bonds is 5. The van der Waals surface area contributed by atoms with E-state index in [9.17, 15) is 18.7 Å². The van der Waals surface area contributed by atoms with Crippen molar-refractivity contribution in [3.8, 4) is 0 Å². The van der Waals surface area contributed by atoms with Crippen LogP contribution in [0.1, 0.15) is 25.5 Å². The molecule has 0 aliphatic carbocycles. The average molecular weight is 257 g/mol. The molecular formula is C13H17F2NO2. The Morgan fingerprint density at radius 3 is 2.39 bits per heavy atom. The summed E-state index contributed by atoms with van der Waals surface area (Å²) in [6, 6.07) is 2.29. The monoisotopic (exact) mass is 257 g/mol. The van der Waals surface area contributed by atoms with Gasteiger partial charge in [-0.25, -0.2) is 8.78 Å². The van der Waals surface area contributed by atoms with Crippen LogP contribution in [0, 0.1) is 23.5 Å². The molecule has 0 spiro atoms. The lowest BCUT2D eigenvalue weighted by molar-refractivity contribution is -0.144. The normalized spacial score (nSPS) is 14.6. The molecule has 0 aromatic heterocycles. The summed E-state index contributed by atoms with van der Waals surface area (Å²) in [7, 11) is 1.54. The molecule has 0 aliphatic rings. The number of hydrogen-bond donors (Lipinski definition) is 2. The SMILES string of the molecule is CNC(c1cc(F)ccc1F)C(C(=O)O)C(C)C. The minimum Gasteiger partial charge on any atom is -0.481 e. The zero-order chi connectivity index (χ0) is 13.9. The van der Waals surface area contributed by atoms with Crippen molar-refractivity contribution in [2.24, 2.45) is 11.8 Å². The molecule has 0 amide bonds. The van der Waals surface area contributed by atoms with E-state index >= 15 is 0 Å². The van der Waals surface area contributed by atoms with E-state index in [1.165, 1.54) is 7.05 Å². The van der Waals surface area contributed by atoms with Crippen LogP contribution in [0.4, 0.5) is 8.78 Å². The highest BCUT2D eigenvalue weighted by Gasteiger charge is 2.32. The van der Waals surface area contributed by atoms with Crippen LogP contribution < -0.4 is 5.32 Å². The first-order chi connectivity index (χ1) is 8.38. The van der Waals surface area contributed by atoms with Gasteiger partial charge in [0.05, 0.1) is 5.92 Å². The number of aliphatic carboxylic acids is 1. The average Bonchev–Trinajstić information content (AvgIpc) is 2.28. The molecule has 0 saturated heterocycles. The Morgan fingerprint density at radius 2 is 1.94 bits per heavy atom. The van der Waals surface area contributed by atoms with Crippen LogP contribution in [0.5, 0.6) is 0 Å². The van der Waals surface area contributed by atoms with Crippen LogP contribution in [0.3, 0.4) is 0 Å². The number of carboxylic acid groups (broad SMARTS) is 1. The summed E-state index contributed by atoms with van der Waals surface area (Å²) in [5.74, 6) is -3.26. The van der Waals surface area contributed by atoms with Gasteiger partial charge in [0.25, 0.3) is 0 Å². The Hall–Kier alpha value is -1.49. The van der Waals surface area contributed by atoms with Crippen molar-refractivity contribution in [3.63, 3.8) is 0 Å². The maximum Gasteiger partial charge on any atom is 0.308 e. The zero-order valence-electron chi connectivity index (χ0n) is 10.6. The van der Waals surface area contributed by atoms with Crippen LogP contribution in [-0.2, 0) is 4.79 Å². The molecule has 1 rings (SSSR count). The third kappa shape index (κ3) is 3.04. The van der Waals surface area contributed by atoms with E-state index in [2.05, 4.69) is 5.32 Å². The molecule has 1 aromatic carbocycles. The smallest absolute Gasteiger partial charge is 0.308 e. The van der Waals surface area contributed by atoms with Crippen molar-refractivity contribution in [1.29, 1.82) is 0 Å². The first-order valence-electron chi connectivity index (χ1n) is 5.73. The fourth-order valence-electron chi connectivity index (χ4n) is 2.09. The summed E-state index contributed by atoms with van der Waals surface area (Å²) >= 11 is 0. The van der Waals surface area contributed by atoms with Gasteiger partial charge in [0.1, 0.15) is 11.6 Å². The van der Waals surface area contributed by atoms with Crippen molar-refractivity contribution < 1.29 is 18.7 Å². The molecule has 18 heavy (non-hydrogen) atoms. The lowest BCUT2D eigenvalue weighted by Crippen LogP contribution is -2.35. The van der Waals surface area contributed by atoms with Gasteiger partial charge in [0.2, 0.25) is 0 Å². The van der Waals surface area contributed by atoms with Crippen LogP contribution >= 0.6 is 0 Å². The largest absolute Gasteiger partial charge is 0.481 e. The van der Waals surface area contributed by atoms with Crippen molar-refractivity contribution in [1.82, 2.24) is 5.32 Å². The summed E-state index contributed by atoms with van der Waals surface area (Å²) in [6.07, 6.45) is 0. The molecule has 0 aliphatic heterocycles. The van der Waals surface area contributed by atoms with Gasteiger partial charge < -0.3 is 10.4 Å². The second-order valence-electron chi connectivity index (χ2n) is 4.54. The molecule has 100 valence electrons. The van der Waals surface area contributed by atoms with Gasteiger partial charge in [0, 0.05) is 11.6 Å². The van der Waals surface area contributed by atoms with E-state index in [1.54, 1.807) is 13.8 Å². The second-order valence-corrected chi connectivity index (χ2v) is 4.54. The van der Waals surface area contributed by atoms with Crippen LogP contribution in [-0.4, -0.2) is 18.1 Å². The quantitative estimate of drug-likeness (QED) is 0.852.